The van der Waals surface area contributed by atoms with Crippen LogP contribution in [0.2, 0.25) is 0 Å². The molecule has 0 radical (unpaired) electrons. The molecule has 0 aliphatic rings. The van der Waals surface area contributed by atoms with Gasteiger partial charge < -0.3 is 10.6 Å². The molecule has 0 heterocycles. The van der Waals surface area contributed by atoms with Crippen LogP contribution in [0.1, 0.15) is 52.4 Å². The second-order valence-corrected chi connectivity index (χ2v) is 4.22. The van der Waals surface area contributed by atoms with Crippen LogP contribution in [0.3, 0.4) is 0 Å². The summed E-state index contributed by atoms with van der Waals surface area (Å²) < 4.78 is 0. The summed E-state index contributed by atoms with van der Waals surface area (Å²) in [5.74, 6) is 0. The summed E-state index contributed by atoms with van der Waals surface area (Å²) in [5, 5.41) is 0. The summed E-state index contributed by atoms with van der Waals surface area (Å²) in [6.45, 7) is 6.50. The lowest BCUT2D eigenvalue weighted by Crippen LogP contribution is -2.38. The molecular weight excluding hydrogens is 172 g/mol. The molecule has 1 atom stereocenters. The summed E-state index contributed by atoms with van der Waals surface area (Å²) in [7, 11) is 2.21. The summed E-state index contributed by atoms with van der Waals surface area (Å²) >= 11 is 0. The Kier molecular flexibility index (Phi) is 9.42. The van der Waals surface area contributed by atoms with Crippen LogP contribution < -0.4 is 5.73 Å². The molecule has 0 aromatic rings. The van der Waals surface area contributed by atoms with Gasteiger partial charge in [0.2, 0.25) is 0 Å². The van der Waals surface area contributed by atoms with Crippen molar-refractivity contribution in [3.8, 4) is 0 Å². The first-order chi connectivity index (χ1) is 6.76. The molecule has 0 aliphatic carbocycles. The van der Waals surface area contributed by atoms with Gasteiger partial charge >= 0.3 is 0 Å². The Labute approximate surface area is 89.9 Å². The van der Waals surface area contributed by atoms with Gasteiger partial charge in [-0.3, -0.25) is 0 Å². The van der Waals surface area contributed by atoms with E-state index in [1.165, 1.54) is 45.1 Å². The zero-order valence-corrected chi connectivity index (χ0v) is 10.3. The lowest BCUT2D eigenvalue weighted by Gasteiger charge is -2.26. The maximum atomic E-state index is 5.79. The third-order valence-corrected chi connectivity index (χ3v) is 2.90. The van der Waals surface area contributed by atoms with E-state index in [1.807, 2.05) is 0 Å². The predicted molar refractivity (Wildman–Crippen MR) is 64.5 cm³/mol. The van der Waals surface area contributed by atoms with Gasteiger partial charge in [0.25, 0.3) is 0 Å². The van der Waals surface area contributed by atoms with Gasteiger partial charge in [-0.25, -0.2) is 0 Å². The van der Waals surface area contributed by atoms with Crippen molar-refractivity contribution in [2.75, 3.05) is 20.1 Å². The molecule has 0 fully saturated rings. The lowest BCUT2D eigenvalue weighted by atomic mass is 10.1. The molecule has 2 nitrogen and oxygen atoms in total. The third kappa shape index (κ3) is 6.39. The van der Waals surface area contributed by atoms with Crippen LogP contribution in [-0.2, 0) is 0 Å². The molecule has 0 saturated heterocycles. The highest BCUT2D eigenvalue weighted by atomic mass is 15.1. The first-order valence-corrected chi connectivity index (χ1v) is 6.16. The third-order valence-electron chi connectivity index (χ3n) is 2.90. The Bertz CT molecular complexity index is 115. The fraction of sp³-hybridized carbons (Fsp3) is 1.00. The number of rotatable bonds is 9. The fourth-order valence-electron chi connectivity index (χ4n) is 1.74. The Morgan fingerprint density at radius 2 is 1.71 bits per heavy atom. The van der Waals surface area contributed by atoms with Gasteiger partial charge in [0.05, 0.1) is 0 Å². The van der Waals surface area contributed by atoms with Gasteiger partial charge in [0.1, 0.15) is 0 Å². The molecule has 0 rings (SSSR count). The zero-order chi connectivity index (χ0) is 10.8. The summed E-state index contributed by atoms with van der Waals surface area (Å²) in [5.41, 5.74) is 5.79. The van der Waals surface area contributed by atoms with Crippen LogP contribution in [0.4, 0.5) is 0 Å². The molecule has 0 spiro atoms. The first kappa shape index (κ1) is 13.9. The second kappa shape index (κ2) is 9.47. The molecule has 0 saturated carbocycles. The van der Waals surface area contributed by atoms with E-state index in [2.05, 4.69) is 25.8 Å². The highest BCUT2D eigenvalue weighted by Crippen LogP contribution is 2.08. The van der Waals surface area contributed by atoms with Crippen LogP contribution in [0.25, 0.3) is 0 Å². The predicted octanol–water partition coefficient (Wildman–Crippen LogP) is 2.63. The normalized spacial score (nSPS) is 13.5. The van der Waals surface area contributed by atoms with E-state index < -0.39 is 0 Å². The largest absolute Gasteiger partial charge is 0.329 e. The van der Waals surface area contributed by atoms with E-state index in [1.54, 1.807) is 0 Å². The van der Waals surface area contributed by atoms with Gasteiger partial charge in [-0.15, -0.1) is 0 Å². The number of hydrogen-bond acceptors (Lipinski definition) is 2. The van der Waals surface area contributed by atoms with Crippen molar-refractivity contribution in [3.05, 3.63) is 0 Å². The summed E-state index contributed by atoms with van der Waals surface area (Å²) in [4.78, 5) is 2.43. The summed E-state index contributed by atoms with van der Waals surface area (Å²) in [6, 6.07) is 0.605. The first-order valence-electron chi connectivity index (χ1n) is 6.16. The van der Waals surface area contributed by atoms with Crippen LogP contribution in [-0.4, -0.2) is 31.1 Å². The summed E-state index contributed by atoms with van der Waals surface area (Å²) in [6.07, 6.45) is 7.81. The molecule has 86 valence electrons. The van der Waals surface area contributed by atoms with E-state index in [-0.39, 0.29) is 0 Å². The van der Waals surface area contributed by atoms with Gasteiger partial charge in [-0.1, -0.05) is 39.5 Å². The quantitative estimate of drug-likeness (QED) is 0.580. The van der Waals surface area contributed by atoms with Crippen molar-refractivity contribution in [2.45, 2.75) is 58.4 Å². The molecule has 0 aliphatic heterocycles. The second-order valence-electron chi connectivity index (χ2n) is 4.22. The Morgan fingerprint density at radius 1 is 1.07 bits per heavy atom. The van der Waals surface area contributed by atoms with E-state index in [0.717, 1.165) is 6.54 Å². The van der Waals surface area contributed by atoms with Crippen LogP contribution >= 0.6 is 0 Å². The Hall–Kier alpha value is -0.0800. The van der Waals surface area contributed by atoms with Crippen molar-refractivity contribution in [1.82, 2.24) is 4.90 Å². The van der Waals surface area contributed by atoms with E-state index in [0.29, 0.717) is 6.04 Å². The van der Waals surface area contributed by atoms with Gasteiger partial charge in [0, 0.05) is 12.6 Å². The van der Waals surface area contributed by atoms with E-state index in [4.69, 9.17) is 5.73 Å². The maximum Gasteiger partial charge on any atom is 0.0215 e. The molecule has 0 amide bonds. The molecule has 0 aromatic carbocycles. The van der Waals surface area contributed by atoms with Crippen molar-refractivity contribution >= 4 is 0 Å². The van der Waals surface area contributed by atoms with Crippen molar-refractivity contribution in [3.63, 3.8) is 0 Å². The Balaban J connectivity index is 3.62. The zero-order valence-electron chi connectivity index (χ0n) is 10.3. The highest BCUT2D eigenvalue weighted by molar-refractivity contribution is 4.69. The van der Waals surface area contributed by atoms with Gasteiger partial charge in [0.15, 0.2) is 0 Å². The van der Waals surface area contributed by atoms with Gasteiger partial charge in [-0.05, 0) is 26.4 Å². The van der Waals surface area contributed by atoms with E-state index in [9.17, 15) is 0 Å². The number of nitrogens with zero attached hydrogens (tertiary/aromatic N) is 1. The number of unbranched alkanes of at least 4 members (excludes halogenated alkanes) is 3. The molecule has 1 unspecified atom stereocenters. The Morgan fingerprint density at radius 3 is 2.21 bits per heavy atom. The van der Waals surface area contributed by atoms with Crippen molar-refractivity contribution < 1.29 is 0 Å². The maximum absolute atomic E-state index is 5.79. The molecular formula is C12H28N2. The topological polar surface area (TPSA) is 29.3 Å². The monoisotopic (exact) mass is 200 g/mol. The lowest BCUT2D eigenvalue weighted by molar-refractivity contribution is 0.228. The molecule has 0 bridgehead atoms. The average Bonchev–Trinajstić information content (AvgIpc) is 2.21. The van der Waals surface area contributed by atoms with Gasteiger partial charge in [-0.2, -0.15) is 0 Å². The number of nitrogens with two attached hydrogens (primary N) is 1. The molecule has 2 heteroatoms. The molecule has 0 aromatic heterocycles. The van der Waals surface area contributed by atoms with Crippen molar-refractivity contribution in [1.29, 1.82) is 0 Å². The van der Waals surface area contributed by atoms with Crippen LogP contribution in [0.15, 0.2) is 0 Å². The minimum Gasteiger partial charge on any atom is -0.329 e. The van der Waals surface area contributed by atoms with Crippen molar-refractivity contribution in [2.24, 2.45) is 5.73 Å². The van der Waals surface area contributed by atoms with E-state index >= 15 is 0 Å². The SMILES string of the molecule is CCCCCC(CN)N(C)CCCC. The minimum absolute atomic E-state index is 0.605. The average molecular weight is 200 g/mol. The number of likely N-dealkylation sites (N-methyl/N-ethyl adjacent to an activating group) is 1. The standard InChI is InChI=1S/C12H28N2/c1-4-6-8-9-12(11-13)14(3)10-7-5-2/h12H,4-11,13H2,1-3H3. The fourth-order valence-corrected chi connectivity index (χ4v) is 1.74. The smallest absolute Gasteiger partial charge is 0.0215 e. The molecule has 2 N–H and O–H groups in total. The highest BCUT2D eigenvalue weighted by Gasteiger charge is 2.11. The van der Waals surface area contributed by atoms with Crippen LogP contribution in [0.5, 0.6) is 0 Å². The molecule has 14 heavy (non-hydrogen) atoms. The minimum atomic E-state index is 0.605. The number of hydrogen-bond donors (Lipinski definition) is 1. The van der Waals surface area contributed by atoms with Crippen LogP contribution in [0, 0.1) is 0 Å².